The first kappa shape index (κ1) is 29.1. The molecule has 3 aromatic heterocycles. The summed E-state index contributed by atoms with van der Waals surface area (Å²) in [5.41, 5.74) is 13.0. The molecule has 6 heterocycles. The number of ether oxygens (including phenoxy) is 2. The number of nitrogens with one attached hydrogen (secondary N) is 1. The molecule has 5 atom stereocenters. The molecular weight excluding hydrogens is 599 g/mol. The molecule has 0 bridgehead atoms. The Balaban J connectivity index is 1.18. The van der Waals surface area contributed by atoms with Crippen LogP contribution in [0, 0.1) is 11.3 Å². The smallest absolute Gasteiger partial charge is 0.243 e. The molecule has 3 aliphatic heterocycles. The van der Waals surface area contributed by atoms with Gasteiger partial charge in [0.1, 0.15) is 24.0 Å². The van der Waals surface area contributed by atoms with Crippen LogP contribution in [0.3, 0.4) is 0 Å². The van der Waals surface area contributed by atoms with E-state index in [9.17, 15) is 9.65 Å². The Morgan fingerprint density at radius 2 is 2.06 bits per heavy atom. The topological polar surface area (TPSA) is 140 Å². The van der Waals surface area contributed by atoms with Gasteiger partial charge in [0, 0.05) is 30.4 Å². The number of benzene rings is 1. The third-order valence-electron chi connectivity index (χ3n) is 11.7. The minimum absolute atomic E-state index is 0.0772. The number of nitrogens with two attached hydrogens (primary N) is 1. The average molecular weight is 639 g/mol. The molecule has 1 aromatic carbocycles. The van der Waals surface area contributed by atoms with E-state index in [2.05, 4.69) is 28.1 Å². The van der Waals surface area contributed by atoms with E-state index in [1.54, 1.807) is 0 Å². The maximum absolute atomic E-state index is 14.4. The van der Waals surface area contributed by atoms with Gasteiger partial charge in [0.05, 0.1) is 53.3 Å². The van der Waals surface area contributed by atoms with Gasteiger partial charge in [0.2, 0.25) is 5.88 Å². The van der Waals surface area contributed by atoms with E-state index >= 15 is 0 Å². The summed E-state index contributed by atoms with van der Waals surface area (Å²) in [6, 6.07) is 8.49. The van der Waals surface area contributed by atoms with Gasteiger partial charge in [-0.15, -0.1) is 0 Å². The van der Waals surface area contributed by atoms with E-state index < -0.39 is 11.6 Å². The van der Waals surface area contributed by atoms with Gasteiger partial charge in [-0.1, -0.05) is 11.2 Å². The number of hydrogen-bond acceptors (Lipinski definition) is 10. The largest absolute Gasteiger partial charge is 0.471 e. The summed E-state index contributed by atoms with van der Waals surface area (Å²) < 4.78 is 35.1. The van der Waals surface area contributed by atoms with Crippen molar-refractivity contribution >= 4 is 16.7 Å². The third-order valence-corrected chi connectivity index (χ3v) is 11.7. The fourth-order valence-electron chi connectivity index (χ4n) is 9.21. The Kier molecular flexibility index (Phi) is 6.49. The molecule has 11 nitrogen and oxygen atoms in total. The molecule has 4 aromatic rings. The number of fused-ring (bicyclic) bond motifs is 5. The lowest BCUT2D eigenvalue weighted by atomic mass is 9.61. The number of imidazole rings is 1. The number of aromatic nitrogens is 4. The van der Waals surface area contributed by atoms with E-state index in [4.69, 9.17) is 34.9 Å². The number of nitrogen functional groups attached to an aromatic ring is 1. The van der Waals surface area contributed by atoms with Gasteiger partial charge in [-0.3, -0.25) is 4.90 Å². The van der Waals surface area contributed by atoms with Crippen LogP contribution in [0.4, 0.5) is 10.1 Å². The Labute approximate surface area is 272 Å². The summed E-state index contributed by atoms with van der Waals surface area (Å²) in [4.78, 5) is 11.9. The standard InChI is InChI=1S/C35H39FN8O3/c1-19(26-11-21(36)15-43(26)2)46-33-31-27(44(18-39-31)28-14-40-35(28)16-45-17-35)12-25(41-33)30-22-6-4-10-34(32(22)47-42-30)9-3-5-20-7-8-24(38)23(13-37)29(20)34/h7-8,12,18-19,21,26,28,40H,3-6,9-11,14-17,38H2,1-2H3. The molecule has 0 radical (unpaired) electrons. The van der Waals surface area contributed by atoms with Gasteiger partial charge in [-0.25, -0.2) is 14.4 Å². The molecule has 244 valence electrons. The number of likely N-dealkylation sites (N-methyl/N-ethyl adjacent to an activating group) is 1. The minimum Gasteiger partial charge on any atom is -0.471 e. The van der Waals surface area contributed by atoms with Crippen molar-refractivity contribution in [1.82, 2.24) is 29.9 Å². The van der Waals surface area contributed by atoms with Crippen LogP contribution in [0.25, 0.3) is 22.4 Å². The Bertz CT molecular complexity index is 1940. The van der Waals surface area contributed by atoms with Crippen molar-refractivity contribution in [2.75, 3.05) is 39.1 Å². The zero-order valence-electron chi connectivity index (χ0n) is 26.8. The first-order valence-electron chi connectivity index (χ1n) is 16.8. The highest BCUT2D eigenvalue weighted by Gasteiger charge is 2.54. The zero-order chi connectivity index (χ0) is 32.1. The summed E-state index contributed by atoms with van der Waals surface area (Å²) in [5, 5.41) is 18.5. The van der Waals surface area contributed by atoms with Gasteiger partial charge in [-0.2, -0.15) is 5.26 Å². The van der Waals surface area contributed by atoms with Crippen LogP contribution in [-0.4, -0.2) is 81.8 Å². The quantitative estimate of drug-likeness (QED) is 0.305. The fraction of sp³-hybridized carbons (Fsp3) is 0.543. The third kappa shape index (κ3) is 4.15. The molecular formula is C35H39FN8O3. The van der Waals surface area contributed by atoms with Crippen molar-refractivity contribution in [1.29, 1.82) is 5.26 Å². The lowest BCUT2D eigenvalue weighted by Gasteiger charge is -2.56. The van der Waals surface area contributed by atoms with Crippen LogP contribution in [0.1, 0.15) is 73.1 Å². The number of aryl methyl sites for hydroxylation is 1. The average Bonchev–Trinajstić information content (AvgIpc) is 3.73. The van der Waals surface area contributed by atoms with Crippen molar-refractivity contribution in [3.05, 3.63) is 52.5 Å². The predicted octanol–water partition coefficient (Wildman–Crippen LogP) is 4.22. The number of alkyl halides is 1. The van der Waals surface area contributed by atoms with Crippen LogP contribution in [0.5, 0.6) is 5.88 Å². The number of rotatable bonds is 5. The van der Waals surface area contributed by atoms with E-state index in [1.165, 1.54) is 0 Å². The molecule has 3 N–H and O–H groups in total. The van der Waals surface area contributed by atoms with Gasteiger partial charge in [0.25, 0.3) is 0 Å². The number of pyridine rings is 1. The van der Waals surface area contributed by atoms with Gasteiger partial charge < -0.3 is 29.6 Å². The number of anilines is 1. The second-order valence-electron chi connectivity index (χ2n) is 14.3. The van der Waals surface area contributed by atoms with Crippen LogP contribution in [-0.2, 0) is 23.0 Å². The second-order valence-corrected chi connectivity index (χ2v) is 14.3. The number of likely N-dealkylation sites (tertiary alicyclic amines) is 1. The van der Waals surface area contributed by atoms with E-state index in [0.717, 1.165) is 73.0 Å². The molecule has 5 unspecified atom stereocenters. The van der Waals surface area contributed by atoms with Crippen molar-refractivity contribution in [3.8, 4) is 23.3 Å². The number of nitriles is 1. The maximum atomic E-state index is 14.4. The highest BCUT2D eigenvalue weighted by molar-refractivity contribution is 5.85. The summed E-state index contributed by atoms with van der Waals surface area (Å²) >= 11 is 0. The van der Waals surface area contributed by atoms with Gasteiger partial charge in [-0.05, 0) is 82.2 Å². The zero-order valence-corrected chi connectivity index (χ0v) is 26.8. The minimum atomic E-state index is -0.877. The second kappa shape index (κ2) is 10.5. The van der Waals surface area contributed by atoms with Crippen LogP contribution in [0.2, 0.25) is 0 Å². The SMILES string of the molecule is CC(Oc1nc(-c2noc3c2CCCC32CCCc3ccc(N)c(C#N)c32)cc2c1ncn2C1CNC12COC2)C1CC(F)CN1C. The van der Waals surface area contributed by atoms with E-state index in [0.29, 0.717) is 60.2 Å². The first-order chi connectivity index (χ1) is 22.8. The van der Waals surface area contributed by atoms with Crippen molar-refractivity contribution in [2.45, 2.75) is 87.2 Å². The van der Waals surface area contributed by atoms with Crippen molar-refractivity contribution < 1.29 is 18.4 Å². The van der Waals surface area contributed by atoms with Crippen LogP contribution in [0.15, 0.2) is 29.0 Å². The van der Waals surface area contributed by atoms with Crippen LogP contribution >= 0.6 is 0 Å². The number of halogens is 1. The Hall–Kier alpha value is -4.05. The molecule has 47 heavy (non-hydrogen) atoms. The van der Waals surface area contributed by atoms with Gasteiger partial charge in [0.15, 0.2) is 11.3 Å². The molecule has 2 aliphatic carbocycles. The molecule has 0 saturated carbocycles. The van der Waals surface area contributed by atoms with Crippen molar-refractivity contribution in [2.24, 2.45) is 0 Å². The molecule has 5 aliphatic rings. The Morgan fingerprint density at radius 1 is 1.23 bits per heavy atom. The number of hydrogen-bond donors (Lipinski definition) is 2. The molecule has 3 fully saturated rings. The highest BCUT2D eigenvalue weighted by atomic mass is 19.1. The van der Waals surface area contributed by atoms with Crippen molar-refractivity contribution in [3.63, 3.8) is 0 Å². The number of nitrogens with zero attached hydrogens (tertiary/aromatic N) is 6. The molecule has 12 heteroatoms. The first-order valence-corrected chi connectivity index (χ1v) is 16.8. The lowest BCUT2D eigenvalue weighted by Crippen LogP contribution is -2.75. The van der Waals surface area contributed by atoms with Gasteiger partial charge >= 0.3 is 0 Å². The summed E-state index contributed by atoms with van der Waals surface area (Å²) in [5.74, 6) is 1.24. The lowest BCUT2D eigenvalue weighted by molar-refractivity contribution is -0.136. The summed E-state index contributed by atoms with van der Waals surface area (Å²) in [7, 11) is 1.94. The molecule has 2 spiro atoms. The maximum Gasteiger partial charge on any atom is 0.243 e. The van der Waals surface area contributed by atoms with E-state index in [1.807, 2.05) is 31.3 Å². The molecule has 9 rings (SSSR count). The van der Waals surface area contributed by atoms with E-state index in [-0.39, 0.29) is 23.7 Å². The molecule has 0 amide bonds. The highest BCUT2D eigenvalue weighted by Crippen LogP contribution is 2.53. The van der Waals surface area contributed by atoms with Crippen LogP contribution < -0.4 is 15.8 Å². The normalized spacial score (nSPS) is 28.4. The monoisotopic (exact) mass is 638 g/mol. The Morgan fingerprint density at radius 3 is 2.77 bits per heavy atom. The summed E-state index contributed by atoms with van der Waals surface area (Å²) in [6.07, 6.45) is 6.46. The summed E-state index contributed by atoms with van der Waals surface area (Å²) in [6.45, 7) is 4.50. The predicted molar refractivity (Wildman–Crippen MR) is 172 cm³/mol. The molecule has 3 saturated heterocycles. The fourth-order valence-corrected chi connectivity index (χ4v) is 9.21.